The van der Waals surface area contributed by atoms with Gasteiger partial charge in [-0.2, -0.15) is 4.37 Å². The lowest BCUT2D eigenvalue weighted by molar-refractivity contribution is -0.120. The number of halogens is 1. The SMILES string of the molecule is CCCNC(=O)CCN(CCOC)c1nc(Cc2ccc(F)cc2)ns1. The van der Waals surface area contributed by atoms with Crippen molar-refractivity contribution in [2.75, 3.05) is 38.3 Å². The van der Waals surface area contributed by atoms with Crippen LogP contribution in [0.5, 0.6) is 0 Å². The molecule has 0 atom stereocenters. The summed E-state index contributed by atoms with van der Waals surface area (Å²) in [7, 11) is 1.65. The van der Waals surface area contributed by atoms with Crippen molar-refractivity contribution in [3.8, 4) is 0 Å². The Morgan fingerprint density at radius 3 is 2.77 bits per heavy atom. The maximum absolute atomic E-state index is 13.0. The number of nitrogens with zero attached hydrogens (tertiary/aromatic N) is 3. The average molecular weight is 380 g/mol. The summed E-state index contributed by atoms with van der Waals surface area (Å²) in [6.07, 6.45) is 1.87. The van der Waals surface area contributed by atoms with Crippen LogP contribution >= 0.6 is 11.5 Å². The lowest BCUT2D eigenvalue weighted by Gasteiger charge is -2.20. The van der Waals surface area contributed by atoms with Gasteiger partial charge in [-0.15, -0.1) is 0 Å². The first kappa shape index (κ1) is 20.3. The lowest BCUT2D eigenvalue weighted by Crippen LogP contribution is -2.33. The van der Waals surface area contributed by atoms with E-state index in [2.05, 4.69) is 14.7 Å². The van der Waals surface area contributed by atoms with Crippen molar-refractivity contribution in [2.24, 2.45) is 0 Å². The molecule has 2 rings (SSSR count). The van der Waals surface area contributed by atoms with Gasteiger partial charge in [0.25, 0.3) is 0 Å². The fourth-order valence-electron chi connectivity index (χ4n) is 2.32. The minimum atomic E-state index is -0.257. The van der Waals surface area contributed by atoms with Crippen LogP contribution in [0.2, 0.25) is 0 Å². The quantitative estimate of drug-likeness (QED) is 0.649. The molecule has 0 unspecified atom stereocenters. The molecule has 8 heteroatoms. The number of aromatic nitrogens is 2. The minimum Gasteiger partial charge on any atom is -0.383 e. The monoisotopic (exact) mass is 380 g/mol. The number of ether oxygens (including phenoxy) is 1. The number of rotatable bonds is 11. The molecule has 0 aliphatic rings. The predicted molar refractivity (Wildman–Crippen MR) is 101 cm³/mol. The van der Waals surface area contributed by atoms with Crippen LogP contribution < -0.4 is 10.2 Å². The average Bonchev–Trinajstić information content (AvgIpc) is 3.10. The molecule has 26 heavy (non-hydrogen) atoms. The molecule has 142 valence electrons. The smallest absolute Gasteiger partial charge is 0.221 e. The van der Waals surface area contributed by atoms with Crippen molar-refractivity contribution in [3.05, 3.63) is 41.5 Å². The Kier molecular flexibility index (Phi) is 8.43. The highest BCUT2D eigenvalue weighted by Gasteiger charge is 2.14. The summed E-state index contributed by atoms with van der Waals surface area (Å²) in [5.41, 5.74) is 0.957. The van der Waals surface area contributed by atoms with E-state index in [9.17, 15) is 9.18 Å². The van der Waals surface area contributed by atoms with Crippen LogP contribution in [0, 0.1) is 5.82 Å². The number of hydrogen-bond donors (Lipinski definition) is 1. The first-order valence-corrected chi connectivity index (χ1v) is 9.47. The van der Waals surface area contributed by atoms with Crippen LogP contribution in [0.1, 0.15) is 31.2 Å². The van der Waals surface area contributed by atoms with E-state index in [0.29, 0.717) is 44.9 Å². The molecule has 0 aliphatic heterocycles. The molecule has 0 saturated carbocycles. The highest BCUT2D eigenvalue weighted by molar-refractivity contribution is 7.09. The Morgan fingerprint density at radius 1 is 1.31 bits per heavy atom. The topological polar surface area (TPSA) is 67.4 Å². The Balaban J connectivity index is 1.97. The molecule has 1 aromatic heterocycles. The van der Waals surface area contributed by atoms with Crippen molar-refractivity contribution >= 4 is 22.6 Å². The van der Waals surface area contributed by atoms with Crippen molar-refractivity contribution in [3.63, 3.8) is 0 Å². The first-order valence-electron chi connectivity index (χ1n) is 8.70. The van der Waals surface area contributed by atoms with E-state index in [1.165, 1.54) is 23.7 Å². The largest absolute Gasteiger partial charge is 0.383 e. The number of benzene rings is 1. The molecule has 1 amide bonds. The number of methoxy groups -OCH3 is 1. The number of amides is 1. The van der Waals surface area contributed by atoms with E-state index in [1.54, 1.807) is 19.2 Å². The maximum Gasteiger partial charge on any atom is 0.221 e. The standard InChI is InChI=1S/C18H25FN4O2S/c1-3-9-20-17(24)8-10-23(11-12-25-2)18-21-16(22-26-18)13-14-4-6-15(19)7-5-14/h4-7H,3,8-13H2,1-2H3,(H,20,24). The van der Waals surface area contributed by atoms with Crippen LogP contribution in [-0.4, -0.2) is 48.6 Å². The number of hydrogen-bond acceptors (Lipinski definition) is 6. The molecular formula is C18H25FN4O2S. The second-order valence-electron chi connectivity index (χ2n) is 5.88. The summed E-state index contributed by atoms with van der Waals surface area (Å²) in [5.74, 6) is 0.465. The third-order valence-corrected chi connectivity index (χ3v) is 4.56. The number of anilines is 1. The fourth-order valence-corrected chi connectivity index (χ4v) is 3.06. The summed E-state index contributed by atoms with van der Waals surface area (Å²) in [6.45, 7) is 4.46. The Hall–Kier alpha value is -2.06. The Labute approximate surface area is 157 Å². The van der Waals surface area contributed by atoms with Gasteiger partial charge in [-0.05, 0) is 24.1 Å². The van der Waals surface area contributed by atoms with Crippen molar-refractivity contribution in [1.82, 2.24) is 14.7 Å². The van der Waals surface area contributed by atoms with E-state index in [0.717, 1.165) is 17.1 Å². The van der Waals surface area contributed by atoms with E-state index >= 15 is 0 Å². The highest BCUT2D eigenvalue weighted by Crippen LogP contribution is 2.19. The van der Waals surface area contributed by atoms with Gasteiger partial charge in [-0.25, -0.2) is 9.37 Å². The molecule has 0 radical (unpaired) electrons. The molecule has 0 aliphatic carbocycles. The number of carbonyl (C=O) groups excluding carboxylic acids is 1. The van der Waals surface area contributed by atoms with Gasteiger partial charge in [0.1, 0.15) is 11.6 Å². The second-order valence-corrected chi connectivity index (χ2v) is 6.61. The summed E-state index contributed by atoms with van der Waals surface area (Å²) < 4.78 is 22.6. The molecular weight excluding hydrogens is 355 g/mol. The predicted octanol–water partition coefficient (Wildman–Crippen LogP) is 2.64. The first-order chi connectivity index (χ1) is 12.6. The Morgan fingerprint density at radius 2 is 2.08 bits per heavy atom. The van der Waals surface area contributed by atoms with E-state index in [4.69, 9.17) is 4.74 Å². The van der Waals surface area contributed by atoms with Crippen molar-refractivity contribution < 1.29 is 13.9 Å². The third-order valence-electron chi connectivity index (χ3n) is 3.75. The van der Waals surface area contributed by atoms with Crippen LogP contribution in [0.4, 0.5) is 9.52 Å². The lowest BCUT2D eigenvalue weighted by atomic mass is 10.1. The van der Waals surface area contributed by atoms with Crippen molar-refractivity contribution in [2.45, 2.75) is 26.2 Å². The molecule has 2 aromatic rings. The van der Waals surface area contributed by atoms with Gasteiger partial charge in [0, 0.05) is 51.1 Å². The summed E-state index contributed by atoms with van der Waals surface area (Å²) in [6, 6.07) is 6.33. The zero-order valence-electron chi connectivity index (χ0n) is 15.2. The molecule has 0 fully saturated rings. The summed E-state index contributed by atoms with van der Waals surface area (Å²) >= 11 is 1.30. The van der Waals surface area contributed by atoms with E-state index in [-0.39, 0.29) is 11.7 Å². The summed E-state index contributed by atoms with van der Waals surface area (Å²) in [4.78, 5) is 18.4. The molecule has 0 saturated heterocycles. The molecule has 1 heterocycles. The van der Waals surface area contributed by atoms with Gasteiger partial charge >= 0.3 is 0 Å². The van der Waals surface area contributed by atoms with Gasteiger partial charge in [0.05, 0.1) is 6.61 Å². The molecule has 1 N–H and O–H groups in total. The van der Waals surface area contributed by atoms with Crippen LogP contribution in [0.3, 0.4) is 0 Å². The second kappa shape index (κ2) is 10.8. The van der Waals surface area contributed by atoms with Crippen molar-refractivity contribution in [1.29, 1.82) is 0 Å². The minimum absolute atomic E-state index is 0.0327. The molecule has 0 spiro atoms. The zero-order chi connectivity index (χ0) is 18.8. The zero-order valence-corrected chi connectivity index (χ0v) is 16.0. The van der Waals surface area contributed by atoms with E-state index < -0.39 is 0 Å². The van der Waals surface area contributed by atoms with Gasteiger partial charge in [-0.1, -0.05) is 19.1 Å². The summed E-state index contributed by atoms with van der Waals surface area (Å²) in [5, 5.41) is 3.64. The van der Waals surface area contributed by atoms with Crippen LogP contribution in [0.25, 0.3) is 0 Å². The van der Waals surface area contributed by atoms with Crippen LogP contribution in [0.15, 0.2) is 24.3 Å². The maximum atomic E-state index is 13.0. The fraction of sp³-hybridized carbons (Fsp3) is 0.500. The third kappa shape index (κ3) is 6.68. The van der Waals surface area contributed by atoms with Gasteiger partial charge < -0.3 is 15.0 Å². The van der Waals surface area contributed by atoms with Gasteiger partial charge in [0.15, 0.2) is 0 Å². The van der Waals surface area contributed by atoms with Gasteiger partial charge in [0.2, 0.25) is 11.0 Å². The molecule has 0 bridgehead atoms. The van der Waals surface area contributed by atoms with E-state index in [1.807, 2.05) is 11.8 Å². The van der Waals surface area contributed by atoms with Gasteiger partial charge in [-0.3, -0.25) is 4.79 Å². The van der Waals surface area contributed by atoms with Crippen LogP contribution in [-0.2, 0) is 16.0 Å². The number of nitrogens with one attached hydrogen (secondary N) is 1. The Bertz CT molecular complexity index is 678. The normalized spacial score (nSPS) is 10.7. The highest BCUT2D eigenvalue weighted by atomic mass is 32.1. The molecule has 1 aromatic carbocycles. The number of carbonyl (C=O) groups is 1. The molecule has 6 nitrogen and oxygen atoms in total.